The highest BCUT2D eigenvalue weighted by molar-refractivity contribution is 5.96. The Morgan fingerprint density at radius 1 is 1.14 bits per heavy atom. The minimum atomic E-state index is -0.390. The first-order valence-corrected chi connectivity index (χ1v) is 7.14. The Bertz CT molecular complexity index is 732. The molecular formula is C19H18O2. The first kappa shape index (κ1) is 13.6. The summed E-state index contributed by atoms with van der Waals surface area (Å²) in [5, 5.41) is 2.13. The van der Waals surface area contributed by atoms with Crippen LogP contribution in [0.1, 0.15) is 35.7 Å². The summed E-state index contributed by atoms with van der Waals surface area (Å²) in [6, 6.07) is 11.7. The van der Waals surface area contributed by atoms with Gasteiger partial charge < -0.3 is 4.74 Å². The molecule has 1 aliphatic rings. The average molecular weight is 278 g/mol. The molecule has 3 rings (SSSR count). The lowest BCUT2D eigenvalue weighted by atomic mass is 10.0. The monoisotopic (exact) mass is 278 g/mol. The lowest BCUT2D eigenvalue weighted by Crippen LogP contribution is -2.28. The minimum Gasteiger partial charge on any atom is -0.455 e. The zero-order chi connectivity index (χ0) is 14.9. The van der Waals surface area contributed by atoms with Gasteiger partial charge in [-0.25, -0.2) is 4.79 Å². The normalized spacial score (nSPS) is 16.0. The van der Waals surface area contributed by atoms with E-state index in [1.54, 1.807) is 0 Å². The van der Waals surface area contributed by atoms with Crippen LogP contribution >= 0.6 is 0 Å². The van der Waals surface area contributed by atoms with E-state index in [0.29, 0.717) is 5.56 Å². The largest absolute Gasteiger partial charge is 0.455 e. The van der Waals surface area contributed by atoms with E-state index in [4.69, 9.17) is 4.74 Å². The van der Waals surface area contributed by atoms with Crippen LogP contribution in [-0.4, -0.2) is 11.6 Å². The van der Waals surface area contributed by atoms with E-state index in [9.17, 15) is 4.79 Å². The Hall–Kier alpha value is -2.35. The lowest BCUT2D eigenvalue weighted by molar-refractivity contribution is -0.00344. The minimum absolute atomic E-state index is 0.254. The number of hydrogen-bond acceptors (Lipinski definition) is 2. The topological polar surface area (TPSA) is 26.3 Å². The molecule has 1 aliphatic carbocycles. The molecule has 0 amide bonds. The van der Waals surface area contributed by atoms with Crippen LogP contribution in [0.2, 0.25) is 0 Å². The third-order valence-electron chi connectivity index (χ3n) is 3.94. The summed E-state index contributed by atoms with van der Waals surface area (Å²) in [7, 11) is 0. The summed E-state index contributed by atoms with van der Waals surface area (Å²) in [4.78, 5) is 12.3. The van der Waals surface area contributed by atoms with Gasteiger partial charge >= 0.3 is 5.97 Å². The summed E-state index contributed by atoms with van der Waals surface area (Å²) in [6.45, 7) is 5.74. The Morgan fingerprint density at radius 3 is 2.52 bits per heavy atom. The molecule has 2 aromatic rings. The SMILES string of the molecule is C=Cc1ccc2cc(C(=O)OC3(C)CC=CC3)ccc2c1. The van der Waals surface area contributed by atoms with Gasteiger partial charge in [0.2, 0.25) is 0 Å². The van der Waals surface area contributed by atoms with Crippen LogP contribution in [0.5, 0.6) is 0 Å². The molecule has 2 heteroatoms. The van der Waals surface area contributed by atoms with E-state index in [2.05, 4.69) is 24.8 Å². The van der Waals surface area contributed by atoms with Crippen molar-refractivity contribution in [1.29, 1.82) is 0 Å². The number of ether oxygens (including phenoxy) is 1. The maximum atomic E-state index is 12.3. The van der Waals surface area contributed by atoms with Crippen LogP contribution < -0.4 is 0 Å². The van der Waals surface area contributed by atoms with Gasteiger partial charge in [0, 0.05) is 12.8 Å². The molecular weight excluding hydrogens is 260 g/mol. The highest BCUT2D eigenvalue weighted by Crippen LogP contribution is 2.28. The molecule has 0 saturated carbocycles. The van der Waals surface area contributed by atoms with E-state index >= 15 is 0 Å². The molecule has 0 saturated heterocycles. The fourth-order valence-corrected chi connectivity index (χ4v) is 2.63. The smallest absolute Gasteiger partial charge is 0.338 e. The van der Waals surface area contributed by atoms with Crippen LogP contribution in [0.25, 0.3) is 16.8 Å². The zero-order valence-corrected chi connectivity index (χ0v) is 12.1. The van der Waals surface area contributed by atoms with Gasteiger partial charge in [0.1, 0.15) is 5.60 Å². The molecule has 0 radical (unpaired) electrons. The van der Waals surface area contributed by atoms with E-state index in [1.807, 2.05) is 43.3 Å². The Morgan fingerprint density at radius 2 is 1.81 bits per heavy atom. The predicted molar refractivity (Wildman–Crippen MR) is 86.2 cm³/mol. The van der Waals surface area contributed by atoms with Crippen LogP contribution in [0.4, 0.5) is 0 Å². The summed E-state index contributed by atoms with van der Waals surface area (Å²) in [5.74, 6) is -0.254. The van der Waals surface area contributed by atoms with Gasteiger partial charge in [-0.2, -0.15) is 0 Å². The van der Waals surface area contributed by atoms with Crippen LogP contribution in [0.3, 0.4) is 0 Å². The quantitative estimate of drug-likeness (QED) is 0.598. The van der Waals surface area contributed by atoms with Gasteiger partial charge in [0.05, 0.1) is 5.56 Å². The Kier molecular flexibility index (Phi) is 3.38. The van der Waals surface area contributed by atoms with Crippen LogP contribution in [-0.2, 0) is 4.74 Å². The van der Waals surface area contributed by atoms with E-state index < -0.39 is 5.60 Å². The first-order valence-electron chi connectivity index (χ1n) is 7.14. The molecule has 0 heterocycles. The molecule has 0 aromatic heterocycles. The van der Waals surface area contributed by atoms with Gasteiger partial charge in [-0.1, -0.05) is 43.0 Å². The van der Waals surface area contributed by atoms with Crippen molar-refractivity contribution in [2.75, 3.05) is 0 Å². The van der Waals surface area contributed by atoms with E-state index in [0.717, 1.165) is 29.2 Å². The summed E-state index contributed by atoms with van der Waals surface area (Å²) >= 11 is 0. The highest BCUT2D eigenvalue weighted by Gasteiger charge is 2.29. The number of benzene rings is 2. The molecule has 2 aromatic carbocycles. The van der Waals surface area contributed by atoms with Crippen molar-refractivity contribution < 1.29 is 9.53 Å². The fourth-order valence-electron chi connectivity index (χ4n) is 2.63. The van der Waals surface area contributed by atoms with E-state index in [1.165, 1.54) is 0 Å². The fraction of sp³-hybridized carbons (Fsp3) is 0.211. The van der Waals surface area contributed by atoms with Gasteiger partial charge in [0.25, 0.3) is 0 Å². The van der Waals surface area contributed by atoms with Crippen molar-refractivity contribution >= 4 is 22.8 Å². The number of esters is 1. The molecule has 21 heavy (non-hydrogen) atoms. The number of carbonyl (C=O) groups is 1. The summed E-state index contributed by atoms with van der Waals surface area (Å²) in [6.07, 6.45) is 7.51. The van der Waals surface area contributed by atoms with Gasteiger partial charge in [-0.15, -0.1) is 0 Å². The maximum absolute atomic E-state index is 12.3. The Labute approximate surface area is 124 Å². The lowest BCUT2D eigenvalue weighted by Gasteiger charge is -2.24. The second kappa shape index (κ2) is 5.21. The van der Waals surface area contributed by atoms with Gasteiger partial charge in [-0.3, -0.25) is 0 Å². The average Bonchev–Trinajstić information content (AvgIpc) is 2.92. The van der Waals surface area contributed by atoms with E-state index in [-0.39, 0.29) is 5.97 Å². The van der Waals surface area contributed by atoms with Crippen molar-refractivity contribution in [3.8, 4) is 0 Å². The summed E-state index contributed by atoms with van der Waals surface area (Å²) < 4.78 is 5.66. The van der Waals surface area contributed by atoms with Crippen LogP contribution in [0, 0.1) is 0 Å². The third kappa shape index (κ3) is 2.75. The zero-order valence-electron chi connectivity index (χ0n) is 12.1. The maximum Gasteiger partial charge on any atom is 0.338 e. The highest BCUT2D eigenvalue weighted by atomic mass is 16.6. The molecule has 0 aliphatic heterocycles. The number of hydrogen-bond donors (Lipinski definition) is 0. The molecule has 0 fully saturated rings. The summed E-state index contributed by atoms with van der Waals surface area (Å²) in [5.41, 5.74) is 1.28. The molecule has 0 N–H and O–H groups in total. The Balaban J connectivity index is 1.86. The first-order chi connectivity index (χ1) is 10.1. The van der Waals surface area contributed by atoms with Crippen molar-refractivity contribution in [2.24, 2.45) is 0 Å². The number of rotatable bonds is 3. The predicted octanol–water partition coefficient (Wildman–Crippen LogP) is 4.75. The third-order valence-corrected chi connectivity index (χ3v) is 3.94. The van der Waals surface area contributed by atoms with Gasteiger partial charge in [-0.05, 0) is 41.5 Å². The molecule has 106 valence electrons. The molecule has 2 nitrogen and oxygen atoms in total. The molecule has 0 spiro atoms. The molecule has 0 bridgehead atoms. The van der Waals surface area contributed by atoms with Gasteiger partial charge in [0.15, 0.2) is 0 Å². The molecule has 0 unspecified atom stereocenters. The second-order valence-electron chi connectivity index (χ2n) is 5.74. The second-order valence-corrected chi connectivity index (χ2v) is 5.74. The molecule has 0 atom stereocenters. The standard InChI is InChI=1S/C19H18O2/c1-3-14-6-7-16-13-17(9-8-15(16)12-14)18(20)21-19(2)10-4-5-11-19/h3-9,12-13H,1,10-11H2,2H3. The number of carbonyl (C=O) groups excluding carboxylic acids is 1. The van der Waals surface area contributed by atoms with Crippen molar-refractivity contribution in [3.05, 3.63) is 66.3 Å². The number of fused-ring (bicyclic) bond motifs is 1. The van der Waals surface area contributed by atoms with Crippen molar-refractivity contribution in [2.45, 2.75) is 25.4 Å². The van der Waals surface area contributed by atoms with Crippen molar-refractivity contribution in [3.63, 3.8) is 0 Å². The van der Waals surface area contributed by atoms with Crippen molar-refractivity contribution in [1.82, 2.24) is 0 Å². The van der Waals surface area contributed by atoms with Crippen LogP contribution in [0.15, 0.2) is 55.1 Å².